The van der Waals surface area contributed by atoms with E-state index < -0.39 is 12.0 Å². The Morgan fingerprint density at radius 1 is 1.62 bits per heavy atom. The van der Waals surface area contributed by atoms with Crippen LogP contribution in [0.5, 0.6) is 0 Å². The third-order valence-electron chi connectivity index (χ3n) is 2.37. The molecule has 1 aliphatic heterocycles. The molecule has 3 N–H and O–H groups in total. The number of hydrogen-bond acceptors (Lipinski definition) is 4. The molecule has 5 heteroatoms. The Morgan fingerprint density at radius 2 is 2.23 bits per heavy atom. The third kappa shape index (κ3) is 2.26. The minimum Gasteiger partial charge on any atom is -0.480 e. The SMILES string of the molecule is CN1CCC(C(=O)C(N)C(=O)O)C1. The van der Waals surface area contributed by atoms with Gasteiger partial charge in [-0.3, -0.25) is 9.59 Å². The highest BCUT2D eigenvalue weighted by molar-refractivity contribution is 6.03. The number of rotatable bonds is 3. The largest absolute Gasteiger partial charge is 0.480 e. The number of nitrogens with two attached hydrogens (primary N) is 1. The first-order valence-corrected chi connectivity index (χ1v) is 4.23. The summed E-state index contributed by atoms with van der Waals surface area (Å²) in [5.74, 6) is -1.78. The number of ketones is 1. The Morgan fingerprint density at radius 3 is 2.62 bits per heavy atom. The molecule has 0 aliphatic carbocycles. The van der Waals surface area contributed by atoms with Gasteiger partial charge in [0.25, 0.3) is 0 Å². The van der Waals surface area contributed by atoms with Crippen LogP contribution in [0.1, 0.15) is 6.42 Å². The van der Waals surface area contributed by atoms with Gasteiger partial charge in [-0.2, -0.15) is 0 Å². The molecule has 0 saturated carbocycles. The van der Waals surface area contributed by atoms with E-state index in [0.717, 1.165) is 13.0 Å². The van der Waals surface area contributed by atoms with E-state index in [9.17, 15) is 9.59 Å². The summed E-state index contributed by atoms with van der Waals surface area (Å²) in [6, 6.07) is -1.35. The topological polar surface area (TPSA) is 83.6 Å². The summed E-state index contributed by atoms with van der Waals surface area (Å²) >= 11 is 0. The molecule has 2 atom stereocenters. The van der Waals surface area contributed by atoms with E-state index in [4.69, 9.17) is 10.8 Å². The smallest absolute Gasteiger partial charge is 0.328 e. The predicted molar refractivity (Wildman–Crippen MR) is 46.2 cm³/mol. The van der Waals surface area contributed by atoms with Crippen LogP contribution in [0.15, 0.2) is 0 Å². The fraction of sp³-hybridized carbons (Fsp3) is 0.750. The Labute approximate surface area is 76.5 Å². The van der Waals surface area contributed by atoms with Gasteiger partial charge in [-0.1, -0.05) is 0 Å². The molecule has 1 saturated heterocycles. The second-order valence-electron chi connectivity index (χ2n) is 3.47. The molecule has 1 rings (SSSR count). The van der Waals surface area contributed by atoms with Crippen molar-refractivity contribution < 1.29 is 14.7 Å². The van der Waals surface area contributed by atoms with Gasteiger partial charge in [-0.05, 0) is 20.0 Å². The monoisotopic (exact) mass is 186 g/mol. The van der Waals surface area contributed by atoms with Crippen LogP contribution >= 0.6 is 0 Å². The van der Waals surface area contributed by atoms with E-state index in [1.165, 1.54) is 0 Å². The van der Waals surface area contributed by atoms with Crippen molar-refractivity contribution in [1.82, 2.24) is 4.90 Å². The number of hydrogen-bond donors (Lipinski definition) is 2. The van der Waals surface area contributed by atoms with Crippen molar-refractivity contribution in [3.63, 3.8) is 0 Å². The Balaban J connectivity index is 2.53. The van der Waals surface area contributed by atoms with Crippen LogP contribution in [0.3, 0.4) is 0 Å². The quantitative estimate of drug-likeness (QED) is 0.548. The summed E-state index contributed by atoms with van der Waals surface area (Å²) in [7, 11) is 1.90. The average Bonchev–Trinajstić information content (AvgIpc) is 2.49. The first kappa shape index (κ1) is 10.1. The summed E-state index contributed by atoms with van der Waals surface area (Å²) in [4.78, 5) is 23.8. The van der Waals surface area contributed by atoms with Crippen LogP contribution in [0, 0.1) is 5.92 Å². The number of likely N-dealkylation sites (tertiary alicyclic amines) is 1. The van der Waals surface area contributed by atoms with Crippen molar-refractivity contribution in [2.45, 2.75) is 12.5 Å². The maximum Gasteiger partial charge on any atom is 0.328 e. The van der Waals surface area contributed by atoms with Crippen LogP contribution in [0.4, 0.5) is 0 Å². The lowest BCUT2D eigenvalue weighted by Gasteiger charge is -2.11. The van der Waals surface area contributed by atoms with Gasteiger partial charge in [0.1, 0.15) is 0 Å². The minimum absolute atomic E-state index is 0.198. The molecule has 2 unspecified atom stereocenters. The molecule has 1 fully saturated rings. The molecular formula is C8H14N2O3. The van der Waals surface area contributed by atoms with E-state index in [-0.39, 0.29) is 11.7 Å². The second-order valence-corrected chi connectivity index (χ2v) is 3.47. The fourth-order valence-electron chi connectivity index (χ4n) is 1.54. The molecule has 1 aliphatic rings. The molecule has 74 valence electrons. The summed E-state index contributed by atoms with van der Waals surface area (Å²) in [5, 5.41) is 8.52. The van der Waals surface area contributed by atoms with Crippen LogP contribution in [0.2, 0.25) is 0 Å². The number of aliphatic carboxylic acids is 1. The van der Waals surface area contributed by atoms with Crippen molar-refractivity contribution in [3.05, 3.63) is 0 Å². The van der Waals surface area contributed by atoms with E-state index in [1.54, 1.807) is 0 Å². The second kappa shape index (κ2) is 3.85. The minimum atomic E-state index is -1.35. The van der Waals surface area contributed by atoms with E-state index >= 15 is 0 Å². The molecule has 13 heavy (non-hydrogen) atoms. The molecular weight excluding hydrogens is 172 g/mol. The van der Waals surface area contributed by atoms with Crippen molar-refractivity contribution in [2.75, 3.05) is 20.1 Å². The van der Waals surface area contributed by atoms with E-state index in [1.807, 2.05) is 11.9 Å². The van der Waals surface area contributed by atoms with E-state index in [0.29, 0.717) is 6.54 Å². The lowest BCUT2D eigenvalue weighted by molar-refractivity contribution is -0.143. The van der Waals surface area contributed by atoms with Crippen LogP contribution in [-0.4, -0.2) is 47.9 Å². The zero-order valence-electron chi connectivity index (χ0n) is 7.56. The molecule has 0 bridgehead atoms. The van der Waals surface area contributed by atoms with E-state index in [2.05, 4.69) is 0 Å². The van der Waals surface area contributed by atoms with Gasteiger partial charge in [-0.15, -0.1) is 0 Å². The molecule has 0 amide bonds. The van der Waals surface area contributed by atoms with Gasteiger partial charge in [0.15, 0.2) is 11.8 Å². The molecule has 0 aromatic heterocycles. The number of carboxylic acid groups (broad SMARTS) is 1. The van der Waals surface area contributed by atoms with Crippen molar-refractivity contribution in [1.29, 1.82) is 0 Å². The van der Waals surface area contributed by atoms with Crippen molar-refractivity contribution in [3.8, 4) is 0 Å². The highest BCUT2D eigenvalue weighted by Crippen LogP contribution is 2.16. The molecule has 0 aromatic rings. The Bertz CT molecular complexity index is 229. The lowest BCUT2D eigenvalue weighted by Crippen LogP contribution is -2.42. The number of Topliss-reactive ketones (excluding diaryl/α,β-unsaturated/α-hetero) is 1. The standard InChI is InChI=1S/C8H14N2O3/c1-10-3-2-5(4-10)7(11)6(9)8(12)13/h5-6H,2-4,9H2,1H3,(H,12,13). The average molecular weight is 186 g/mol. The molecule has 5 nitrogen and oxygen atoms in total. The zero-order chi connectivity index (χ0) is 10.0. The first-order chi connectivity index (χ1) is 6.02. The van der Waals surface area contributed by atoms with Gasteiger partial charge in [0.2, 0.25) is 0 Å². The first-order valence-electron chi connectivity index (χ1n) is 4.23. The predicted octanol–water partition coefficient (Wildman–Crippen LogP) is -1.08. The van der Waals surface area contributed by atoms with Crippen LogP contribution < -0.4 is 5.73 Å². The maximum atomic E-state index is 11.4. The van der Waals surface area contributed by atoms with Gasteiger partial charge in [0, 0.05) is 12.5 Å². The third-order valence-corrected chi connectivity index (χ3v) is 2.37. The molecule has 1 heterocycles. The van der Waals surface area contributed by atoms with Gasteiger partial charge >= 0.3 is 5.97 Å². The zero-order valence-corrected chi connectivity index (χ0v) is 7.56. The van der Waals surface area contributed by atoms with Crippen LogP contribution in [-0.2, 0) is 9.59 Å². The summed E-state index contributed by atoms with van der Waals surface area (Å²) in [5.41, 5.74) is 5.22. The van der Waals surface area contributed by atoms with Crippen molar-refractivity contribution in [2.24, 2.45) is 11.7 Å². The Hall–Kier alpha value is -0.940. The Kier molecular flexibility index (Phi) is 3.00. The van der Waals surface area contributed by atoms with Crippen molar-refractivity contribution >= 4 is 11.8 Å². The van der Waals surface area contributed by atoms with Gasteiger partial charge in [0.05, 0.1) is 0 Å². The highest BCUT2D eigenvalue weighted by atomic mass is 16.4. The molecule has 0 radical (unpaired) electrons. The normalized spacial score (nSPS) is 25.8. The number of carbonyl (C=O) groups is 2. The number of nitrogens with zero attached hydrogens (tertiary/aromatic N) is 1. The van der Waals surface area contributed by atoms with Gasteiger partial charge in [-0.25, -0.2) is 0 Å². The maximum absolute atomic E-state index is 11.4. The summed E-state index contributed by atoms with van der Waals surface area (Å²) < 4.78 is 0. The van der Waals surface area contributed by atoms with Gasteiger partial charge < -0.3 is 15.7 Å². The van der Waals surface area contributed by atoms with Crippen LogP contribution in [0.25, 0.3) is 0 Å². The summed E-state index contributed by atoms with van der Waals surface area (Å²) in [6.07, 6.45) is 0.719. The number of carbonyl (C=O) groups excluding carboxylic acids is 1. The highest BCUT2D eigenvalue weighted by Gasteiger charge is 2.32. The fourth-order valence-corrected chi connectivity index (χ4v) is 1.54. The summed E-state index contributed by atoms with van der Waals surface area (Å²) in [6.45, 7) is 1.46. The lowest BCUT2D eigenvalue weighted by atomic mass is 9.98. The molecule has 0 spiro atoms. The molecule has 0 aromatic carbocycles. The number of carboxylic acids is 1.